The molecule has 0 aliphatic rings. The van der Waals surface area contributed by atoms with Crippen molar-refractivity contribution >= 4 is 17.2 Å². The summed E-state index contributed by atoms with van der Waals surface area (Å²) in [5.41, 5.74) is 2.16. The van der Waals surface area contributed by atoms with Crippen molar-refractivity contribution < 1.29 is 9.18 Å². The Bertz CT molecular complexity index is 467. The molecule has 0 saturated heterocycles. The van der Waals surface area contributed by atoms with E-state index in [1.165, 1.54) is 35.6 Å². The third-order valence-corrected chi connectivity index (χ3v) is 2.79. The molecule has 1 aromatic heterocycles. The fraction of sp³-hybridized carbons (Fsp3) is 0.0909. The molecule has 1 heterocycles. The van der Waals surface area contributed by atoms with Gasteiger partial charge in [0, 0.05) is 16.6 Å². The predicted octanol–water partition coefficient (Wildman–Crippen LogP) is 2.21. The first-order valence-corrected chi connectivity index (χ1v) is 5.55. The third kappa shape index (κ3) is 2.64. The van der Waals surface area contributed by atoms with E-state index >= 15 is 0 Å². The molecule has 0 fully saturated rings. The van der Waals surface area contributed by atoms with Crippen molar-refractivity contribution in [1.82, 2.24) is 10.3 Å². The molecule has 0 unspecified atom stereocenters. The standard InChI is InChI=1S/C11H9FN2OS/c12-9-3-1-8(2-4-9)11(15)14-6-10-5-13-7-16-10/h1-5,7H,6H2,(H,14,15). The first-order chi connectivity index (χ1) is 7.75. The van der Waals surface area contributed by atoms with E-state index in [0.29, 0.717) is 12.1 Å². The molecule has 82 valence electrons. The van der Waals surface area contributed by atoms with Crippen LogP contribution in [0.3, 0.4) is 0 Å². The summed E-state index contributed by atoms with van der Waals surface area (Å²) in [5, 5.41) is 2.73. The van der Waals surface area contributed by atoms with E-state index in [0.717, 1.165) is 4.88 Å². The van der Waals surface area contributed by atoms with Gasteiger partial charge in [0.2, 0.25) is 0 Å². The number of amides is 1. The molecule has 0 aliphatic carbocycles. The molecule has 0 spiro atoms. The lowest BCUT2D eigenvalue weighted by Gasteiger charge is -2.02. The van der Waals surface area contributed by atoms with E-state index in [9.17, 15) is 9.18 Å². The molecule has 2 rings (SSSR count). The van der Waals surface area contributed by atoms with Gasteiger partial charge >= 0.3 is 0 Å². The smallest absolute Gasteiger partial charge is 0.251 e. The van der Waals surface area contributed by atoms with Crippen LogP contribution in [0.1, 0.15) is 15.2 Å². The molecule has 0 saturated carbocycles. The highest BCUT2D eigenvalue weighted by molar-refractivity contribution is 7.09. The number of halogens is 1. The van der Waals surface area contributed by atoms with Crippen LogP contribution in [0.15, 0.2) is 36.0 Å². The van der Waals surface area contributed by atoms with Crippen molar-refractivity contribution in [2.45, 2.75) is 6.54 Å². The fourth-order valence-electron chi connectivity index (χ4n) is 1.20. The number of hydrogen-bond acceptors (Lipinski definition) is 3. The minimum atomic E-state index is -0.348. The number of carbonyl (C=O) groups is 1. The Kier molecular flexibility index (Phi) is 3.26. The number of benzene rings is 1. The molecule has 5 heteroatoms. The molecule has 0 bridgehead atoms. The van der Waals surface area contributed by atoms with Gasteiger partial charge in [-0.15, -0.1) is 11.3 Å². The van der Waals surface area contributed by atoms with Gasteiger partial charge in [-0.25, -0.2) is 4.39 Å². The Balaban J connectivity index is 1.95. The fourth-order valence-corrected chi connectivity index (χ4v) is 1.73. The number of nitrogens with zero attached hydrogens (tertiary/aromatic N) is 1. The van der Waals surface area contributed by atoms with Crippen LogP contribution in [0.2, 0.25) is 0 Å². The Morgan fingerprint density at radius 1 is 1.38 bits per heavy atom. The first-order valence-electron chi connectivity index (χ1n) is 4.67. The van der Waals surface area contributed by atoms with Gasteiger partial charge in [-0.2, -0.15) is 0 Å². The SMILES string of the molecule is O=C(NCc1cncs1)c1ccc(F)cc1. The Morgan fingerprint density at radius 2 is 2.12 bits per heavy atom. The molecule has 0 radical (unpaired) electrons. The van der Waals surface area contributed by atoms with Gasteiger partial charge in [0.15, 0.2) is 0 Å². The predicted molar refractivity (Wildman–Crippen MR) is 59.7 cm³/mol. The summed E-state index contributed by atoms with van der Waals surface area (Å²) < 4.78 is 12.6. The normalized spacial score (nSPS) is 10.1. The van der Waals surface area contributed by atoms with Crippen LogP contribution < -0.4 is 5.32 Å². The summed E-state index contributed by atoms with van der Waals surface area (Å²) in [6.45, 7) is 0.445. The molecule has 1 N–H and O–H groups in total. The second-order valence-corrected chi connectivity index (χ2v) is 4.13. The van der Waals surface area contributed by atoms with Gasteiger partial charge < -0.3 is 5.32 Å². The summed E-state index contributed by atoms with van der Waals surface area (Å²) in [5.74, 6) is -0.563. The van der Waals surface area contributed by atoms with Crippen molar-refractivity contribution in [3.63, 3.8) is 0 Å². The van der Waals surface area contributed by atoms with Gasteiger partial charge in [-0.1, -0.05) is 0 Å². The van der Waals surface area contributed by atoms with Crippen LogP contribution in [-0.4, -0.2) is 10.9 Å². The summed E-state index contributed by atoms with van der Waals surface area (Å²) >= 11 is 1.48. The summed E-state index contributed by atoms with van der Waals surface area (Å²) in [7, 11) is 0. The van der Waals surface area contributed by atoms with Crippen molar-refractivity contribution in [1.29, 1.82) is 0 Å². The zero-order chi connectivity index (χ0) is 11.4. The van der Waals surface area contributed by atoms with E-state index in [2.05, 4.69) is 10.3 Å². The van der Waals surface area contributed by atoms with E-state index in [4.69, 9.17) is 0 Å². The topological polar surface area (TPSA) is 42.0 Å². The highest BCUT2D eigenvalue weighted by Gasteiger charge is 2.05. The van der Waals surface area contributed by atoms with Crippen LogP contribution in [-0.2, 0) is 6.54 Å². The monoisotopic (exact) mass is 236 g/mol. The molecule has 0 atom stereocenters. The maximum atomic E-state index is 12.6. The van der Waals surface area contributed by atoms with E-state index in [-0.39, 0.29) is 11.7 Å². The number of hydrogen-bond donors (Lipinski definition) is 1. The van der Waals surface area contributed by atoms with E-state index in [1.54, 1.807) is 11.7 Å². The quantitative estimate of drug-likeness (QED) is 0.887. The average molecular weight is 236 g/mol. The Labute approximate surface area is 96.0 Å². The molecule has 1 amide bonds. The number of rotatable bonds is 3. The molecule has 2 aromatic rings. The van der Waals surface area contributed by atoms with Crippen molar-refractivity contribution in [3.05, 3.63) is 52.2 Å². The lowest BCUT2D eigenvalue weighted by atomic mass is 10.2. The summed E-state index contributed by atoms with van der Waals surface area (Å²) in [6, 6.07) is 5.44. The van der Waals surface area contributed by atoms with Crippen molar-refractivity contribution in [3.8, 4) is 0 Å². The van der Waals surface area contributed by atoms with E-state index in [1.807, 2.05) is 0 Å². The number of aromatic nitrogens is 1. The molecular weight excluding hydrogens is 227 g/mol. The number of nitrogens with one attached hydrogen (secondary N) is 1. The molecule has 16 heavy (non-hydrogen) atoms. The first kappa shape index (κ1) is 10.8. The summed E-state index contributed by atoms with van der Waals surface area (Å²) in [6.07, 6.45) is 1.70. The van der Waals surface area contributed by atoms with Crippen LogP contribution in [0.5, 0.6) is 0 Å². The molecule has 1 aromatic carbocycles. The minimum absolute atomic E-state index is 0.214. The molecule has 0 aliphatic heterocycles. The highest BCUT2D eigenvalue weighted by Crippen LogP contribution is 2.06. The van der Waals surface area contributed by atoms with Crippen LogP contribution >= 0.6 is 11.3 Å². The van der Waals surface area contributed by atoms with Gasteiger partial charge in [-0.05, 0) is 24.3 Å². The zero-order valence-electron chi connectivity index (χ0n) is 8.31. The van der Waals surface area contributed by atoms with Gasteiger partial charge in [0.1, 0.15) is 5.82 Å². The maximum absolute atomic E-state index is 12.6. The second kappa shape index (κ2) is 4.85. The van der Waals surface area contributed by atoms with E-state index < -0.39 is 0 Å². The van der Waals surface area contributed by atoms with Crippen molar-refractivity contribution in [2.75, 3.05) is 0 Å². The highest BCUT2D eigenvalue weighted by atomic mass is 32.1. The Morgan fingerprint density at radius 3 is 2.75 bits per heavy atom. The largest absolute Gasteiger partial charge is 0.347 e. The zero-order valence-corrected chi connectivity index (χ0v) is 9.13. The molecular formula is C11H9FN2OS. The third-order valence-electron chi connectivity index (χ3n) is 2.01. The number of carbonyl (C=O) groups excluding carboxylic acids is 1. The van der Waals surface area contributed by atoms with Gasteiger partial charge in [0.25, 0.3) is 5.91 Å². The molecule has 3 nitrogen and oxygen atoms in total. The van der Waals surface area contributed by atoms with Crippen molar-refractivity contribution in [2.24, 2.45) is 0 Å². The second-order valence-electron chi connectivity index (χ2n) is 3.16. The summed E-state index contributed by atoms with van der Waals surface area (Å²) in [4.78, 5) is 16.5. The lowest BCUT2D eigenvalue weighted by Crippen LogP contribution is -2.22. The van der Waals surface area contributed by atoms with Gasteiger partial charge in [0.05, 0.1) is 12.1 Å². The van der Waals surface area contributed by atoms with Gasteiger partial charge in [-0.3, -0.25) is 9.78 Å². The number of thiazole rings is 1. The minimum Gasteiger partial charge on any atom is -0.347 e. The maximum Gasteiger partial charge on any atom is 0.251 e. The van der Waals surface area contributed by atoms with Crippen LogP contribution in [0.25, 0.3) is 0 Å². The Hall–Kier alpha value is -1.75. The van der Waals surface area contributed by atoms with Crippen LogP contribution in [0.4, 0.5) is 4.39 Å². The average Bonchev–Trinajstić information content (AvgIpc) is 2.80. The lowest BCUT2D eigenvalue weighted by molar-refractivity contribution is 0.0951. The van der Waals surface area contributed by atoms with Crippen LogP contribution in [0, 0.1) is 5.82 Å².